The first-order valence-corrected chi connectivity index (χ1v) is 11.8. The third-order valence-corrected chi connectivity index (χ3v) is 6.85. The quantitative estimate of drug-likeness (QED) is 0.0722. The number of phenolic OH excluding ortho intramolecular Hbond substituents is 4. The number of rotatable bonds is 9. The smallest absolute Gasteiger partial charge is 0.409 e. The Morgan fingerprint density at radius 2 is 1.60 bits per heavy atom. The molecule has 0 bridgehead atoms. The second kappa shape index (κ2) is 11.1. The van der Waals surface area contributed by atoms with Gasteiger partial charge >= 0.3 is 11.9 Å². The molecule has 16 nitrogen and oxygen atoms in total. The summed E-state index contributed by atoms with van der Waals surface area (Å²) in [4.78, 5) is 11.7. The predicted octanol–water partition coefficient (Wildman–Crippen LogP) is -0.962. The van der Waals surface area contributed by atoms with E-state index in [1.165, 1.54) is 25.3 Å². The molecular formula is C23H28ClNO15. The van der Waals surface area contributed by atoms with Gasteiger partial charge in [0.2, 0.25) is 17.2 Å². The van der Waals surface area contributed by atoms with Crippen LogP contribution in [-0.4, -0.2) is 100 Å². The van der Waals surface area contributed by atoms with Gasteiger partial charge in [0, 0.05) is 24.1 Å². The molecule has 0 amide bonds. The lowest BCUT2D eigenvalue weighted by Crippen LogP contribution is -2.58. The minimum Gasteiger partial charge on any atom is -0.504 e. The second-order valence-corrected chi connectivity index (χ2v) is 9.63. The van der Waals surface area contributed by atoms with Crippen LogP contribution in [0, 0.1) is 4.91 Å². The van der Waals surface area contributed by atoms with Crippen LogP contribution < -0.4 is 4.74 Å². The minimum atomic E-state index is -4.37. The number of ether oxygens (including phenoxy) is 3. The van der Waals surface area contributed by atoms with Gasteiger partial charge in [-0.15, -0.1) is 0 Å². The molecule has 0 aliphatic carbocycles. The number of benzene rings is 2. The van der Waals surface area contributed by atoms with Crippen LogP contribution >= 0.6 is 11.6 Å². The molecule has 0 saturated carbocycles. The highest BCUT2D eigenvalue weighted by molar-refractivity contribution is 6.31. The monoisotopic (exact) mass is 593 g/mol. The SMILES string of the molecule is COC1CC(CO)OC(c2ccc(Cl)c(C(C)(O)c3c(O)c(O)c(OC(O)(O)C(O)(O)O)c(O)c3O)c2)C1N=O. The largest absolute Gasteiger partial charge is 0.504 e. The van der Waals surface area contributed by atoms with Crippen molar-refractivity contribution in [3.05, 3.63) is 44.8 Å². The Morgan fingerprint density at radius 3 is 2.08 bits per heavy atom. The highest BCUT2D eigenvalue weighted by Gasteiger charge is 2.52. The van der Waals surface area contributed by atoms with Crippen LogP contribution in [0.25, 0.3) is 0 Å². The Bertz CT molecular complexity index is 1230. The molecule has 1 aliphatic rings. The van der Waals surface area contributed by atoms with Gasteiger partial charge in [0.15, 0.2) is 11.5 Å². The summed E-state index contributed by atoms with van der Waals surface area (Å²) in [6.07, 6.45) is -2.46. The molecule has 1 fully saturated rings. The van der Waals surface area contributed by atoms with E-state index in [1.54, 1.807) is 0 Å². The molecular weight excluding hydrogens is 566 g/mol. The summed E-state index contributed by atoms with van der Waals surface area (Å²) in [5, 5.41) is 112. The van der Waals surface area contributed by atoms with Crippen molar-refractivity contribution in [3.63, 3.8) is 0 Å². The Morgan fingerprint density at radius 1 is 1.02 bits per heavy atom. The number of nitrogens with zero attached hydrogens (tertiary/aromatic N) is 1. The number of hydrogen-bond donors (Lipinski definition) is 11. The lowest BCUT2D eigenvalue weighted by atomic mass is 9.83. The highest BCUT2D eigenvalue weighted by atomic mass is 35.5. The Hall–Kier alpha value is -3.03. The lowest BCUT2D eigenvalue weighted by molar-refractivity contribution is -0.502. The number of halogens is 1. The van der Waals surface area contributed by atoms with Crippen molar-refractivity contribution in [2.24, 2.45) is 5.18 Å². The highest BCUT2D eigenvalue weighted by Crippen LogP contribution is 2.57. The number of aromatic hydroxyl groups is 4. The second-order valence-electron chi connectivity index (χ2n) is 9.22. The molecule has 1 aliphatic heterocycles. The number of nitroso groups, excluding NO2 is 1. The van der Waals surface area contributed by atoms with Crippen LogP contribution in [0.4, 0.5) is 0 Å². The van der Waals surface area contributed by atoms with Gasteiger partial charge in [0.05, 0.1) is 24.4 Å². The predicted molar refractivity (Wildman–Crippen MR) is 130 cm³/mol. The van der Waals surface area contributed by atoms with Crippen LogP contribution in [0.15, 0.2) is 23.4 Å². The number of phenols is 4. The van der Waals surface area contributed by atoms with Gasteiger partial charge in [-0.1, -0.05) is 22.8 Å². The summed E-state index contributed by atoms with van der Waals surface area (Å²) in [5.41, 5.74) is -3.66. The number of aliphatic hydroxyl groups is 7. The van der Waals surface area contributed by atoms with Crippen LogP contribution in [0.3, 0.4) is 0 Å². The van der Waals surface area contributed by atoms with Crippen molar-refractivity contribution in [2.75, 3.05) is 13.7 Å². The van der Waals surface area contributed by atoms with Crippen LogP contribution in [0.5, 0.6) is 28.7 Å². The zero-order valence-electron chi connectivity index (χ0n) is 20.8. The number of hydrogen-bond acceptors (Lipinski definition) is 16. The van der Waals surface area contributed by atoms with E-state index in [0.717, 1.165) is 6.92 Å². The van der Waals surface area contributed by atoms with Gasteiger partial charge in [0.25, 0.3) is 0 Å². The van der Waals surface area contributed by atoms with E-state index in [4.69, 9.17) is 36.4 Å². The van der Waals surface area contributed by atoms with Crippen LogP contribution in [0.1, 0.15) is 36.1 Å². The summed E-state index contributed by atoms with van der Waals surface area (Å²) < 4.78 is 15.3. The summed E-state index contributed by atoms with van der Waals surface area (Å²) >= 11 is 6.29. The van der Waals surface area contributed by atoms with E-state index in [9.17, 15) is 45.8 Å². The van der Waals surface area contributed by atoms with E-state index in [1.807, 2.05) is 0 Å². The van der Waals surface area contributed by atoms with Gasteiger partial charge in [-0.2, -0.15) is 4.91 Å². The van der Waals surface area contributed by atoms with Crippen molar-refractivity contribution in [1.29, 1.82) is 0 Å². The normalized spacial score (nSPS) is 23.4. The fraction of sp³-hybridized carbons (Fsp3) is 0.478. The van der Waals surface area contributed by atoms with Gasteiger partial charge in [0.1, 0.15) is 17.7 Å². The van der Waals surface area contributed by atoms with E-state index in [-0.39, 0.29) is 22.6 Å². The maximum Gasteiger partial charge on any atom is 0.409 e. The van der Waals surface area contributed by atoms with Crippen molar-refractivity contribution >= 4 is 11.6 Å². The zero-order valence-corrected chi connectivity index (χ0v) is 21.6. The maximum atomic E-state index is 11.7. The van der Waals surface area contributed by atoms with E-state index < -0.39 is 82.8 Å². The molecule has 17 heteroatoms. The Kier molecular flexibility index (Phi) is 8.74. The van der Waals surface area contributed by atoms with Crippen molar-refractivity contribution < 1.29 is 70.4 Å². The van der Waals surface area contributed by atoms with Crippen molar-refractivity contribution in [1.82, 2.24) is 0 Å². The molecule has 5 unspecified atom stereocenters. The molecule has 11 N–H and O–H groups in total. The van der Waals surface area contributed by atoms with E-state index in [2.05, 4.69) is 9.91 Å². The van der Waals surface area contributed by atoms with E-state index >= 15 is 0 Å². The minimum absolute atomic E-state index is 0.152. The van der Waals surface area contributed by atoms with Crippen LogP contribution in [-0.2, 0) is 15.1 Å². The van der Waals surface area contributed by atoms with Gasteiger partial charge < -0.3 is 70.4 Å². The summed E-state index contributed by atoms with van der Waals surface area (Å²) in [6, 6.07) is 2.78. The summed E-state index contributed by atoms with van der Waals surface area (Å²) in [7, 11) is 1.34. The van der Waals surface area contributed by atoms with Crippen molar-refractivity contribution in [3.8, 4) is 28.7 Å². The Labute approximate surface area is 230 Å². The molecule has 2 aromatic carbocycles. The van der Waals surface area contributed by atoms with Crippen molar-refractivity contribution in [2.45, 2.75) is 55.2 Å². The van der Waals surface area contributed by atoms with Gasteiger partial charge in [-0.25, -0.2) is 0 Å². The van der Waals surface area contributed by atoms with Gasteiger partial charge in [-0.3, -0.25) is 0 Å². The molecule has 1 heterocycles. The molecule has 40 heavy (non-hydrogen) atoms. The number of methoxy groups -OCH3 is 1. The molecule has 1 saturated heterocycles. The third kappa shape index (κ3) is 5.46. The summed E-state index contributed by atoms with van der Waals surface area (Å²) in [6.45, 7) is 0.558. The average Bonchev–Trinajstić information content (AvgIpc) is 2.88. The molecule has 2 aromatic rings. The summed E-state index contributed by atoms with van der Waals surface area (Å²) in [5.74, 6) is -16.1. The molecule has 3 rings (SSSR count). The van der Waals surface area contributed by atoms with Crippen LogP contribution in [0.2, 0.25) is 5.02 Å². The topological polar surface area (TPSA) is 280 Å². The number of aliphatic hydroxyl groups excluding tert-OH is 1. The fourth-order valence-corrected chi connectivity index (χ4v) is 4.66. The first kappa shape index (κ1) is 31.5. The maximum absolute atomic E-state index is 11.7. The molecule has 0 radical (unpaired) electrons. The average molecular weight is 594 g/mol. The lowest BCUT2D eigenvalue weighted by Gasteiger charge is -2.38. The Balaban J connectivity index is 2.16. The molecule has 222 valence electrons. The first-order valence-electron chi connectivity index (χ1n) is 11.4. The molecule has 0 aromatic heterocycles. The zero-order chi connectivity index (χ0) is 30.4. The molecule has 5 atom stereocenters. The fourth-order valence-electron chi connectivity index (χ4n) is 4.36. The van der Waals surface area contributed by atoms with Gasteiger partial charge in [-0.05, 0) is 24.6 Å². The first-order chi connectivity index (χ1) is 18.4. The molecule has 0 spiro atoms. The third-order valence-electron chi connectivity index (χ3n) is 6.52. The standard InChI is InChI=1S/C23H28ClNO15/c1-21(31,13-15(27)17(29)20(18(30)16(13)28)40-23(35,36)22(32,33)34)10-5-8(3-4-11(10)24)19-14(25-37)12(38-2)6-9(7-26)39-19/h3-5,9,12,14,19,26-36H,6-7H2,1-2H3. The van der Waals surface area contributed by atoms with E-state index in [0.29, 0.717) is 0 Å².